The Balaban J connectivity index is 2.48. The molecule has 3 nitrogen and oxygen atoms in total. The first kappa shape index (κ1) is 12.4. The van der Waals surface area contributed by atoms with Crippen molar-refractivity contribution in [2.24, 2.45) is 0 Å². The number of H-pyrrole nitrogens is 1. The first-order valence-corrected chi connectivity index (χ1v) is 6.05. The number of aryl methyl sites for hydroxylation is 2. The maximum absolute atomic E-state index is 11.8. The van der Waals surface area contributed by atoms with E-state index in [2.05, 4.69) is 23.2 Å². The zero-order valence-electron chi connectivity index (χ0n) is 10.9. The van der Waals surface area contributed by atoms with Gasteiger partial charge in [-0.3, -0.25) is 0 Å². The molecule has 0 aliphatic carbocycles. The molecule has 94 valence electrons. The second-order valence-corrected chi connectivity index (χ2v) is 4.31. The minimum atomic E-state index is -0.307. The van der Waals surface area contributed by atoms with E-state index in [4.69, 9.17) is 4.74 Å². The summed E-state index contributed by atoms with van der Waals surface area (Å²) in [4.78, 5) is 14.8. The van der Waals surface area contributed by atoms with Crippen LogP contribution in [0.5, 0.6) is 0 Å². The van der Waals surface area contributed by atoms with Crippen LogP contribution in [0.15, 0.2) is 30.5 Å². The lowest BCUT2D eigenvalue weighted by Crippen LogP contribution is -2.06. The molecule has 1 heterocycles. The normalized spacial score (nSPS) is 10.4. The molecule has 0 spiro atoms. The van der Waals surface area contributed by atoms with E-state index in [-0.39, 0.29) is 5.97 Å². The summed E-state index contributed by atoms with van der Waals surface area (Å²) in [6, 6.07) is 8.12. The predicted octanol–water partition coefficient (Wildman–Crippen LogP) is 3.48. The highest BCUT2D eigenvalue weighted by molar-refractivity contribution is 5.96. The van der Waals surface area contributed by atoms with Crippen molar-refractivity contribution in [3.05, 3.63) is 47.3 Å². The lowest BCUT2D eigenvalue weighted by molar-refractivity contribution is 0.0521. The number of benzene rings is 1. The number of carbonyl (C=O) groups is 1. The van der Waals surface area contributed by atoms with Crippen LogP contribution in [0.2, 0.25) is 0 Å². The number of aromatic nitrogens is 1. The van der Waals surface area contributed by atoms with Crippen molar-refractivity contribution < 1.29 is 9.53 Å². The molecule has 2 aromatic rings. The second kappa shape index (κ2) is 5.08. The fourth-order valence-corrected chi connectivity index (χ4v) is 1.99. The van der Waals surface area contributed by atoms with Crippen molar-refractivity contribution in [3.63, 3.8) is 0 Å². The Hall–Kier alpha value is -2.03. The molecule has 1 aromatic heterocycles. The van der Waals surface area contributed by atoms with Gasteiger partial charge in [-0.15, -0.1) is 0 Å². The van der Waals surface area contributed by atoms with Crippen molar-refractivity contribution in [2.45, 2.75) is 20.8 Å². The smallest absolute Gasteiger partial charge is 0.355 e. The summed E-state index contributed by atoms with van der Waals surface area (Å²) < 4.78 is 5.05. The minimum Gasteiger partial charge on any atom is -0.461 e. The molecule has 0 aliphatic rings. The number of esters is 1. The molecular weight excluding hydrogens is 226 g/mol. The number of hydrogen-bond donors (Lipinski definition) is 1. The highest BCUT2D eigenvalue weighted by Crippen LogP contribution is 2.27. The van der Waals surface area contributed by atoms with E-state index >= 15 is 0 Å². The van der Waals surface area contributed by atoms with Crippen LogP contribution in [0.25, 0.3) is 11.1 Å². The van der Waals surface area contributed by atoms with Crippen molar-refractivity contribution in [2.75, 3.05) is 6.61 Å². The van der Waals surface area contributed by atoms with Gasteiger partial charge in [0.1, 0.15) is 5.69 Å². The van der Waals surface area contributed by atoms with Gasteiger partial charge in [-0.25, -0.2) is 4.79 Å². The molecule has 1 aromatic carbocycles. The number of hydrogen-bond acceptors (Lipinski definition) is 2. The molecule has 0 saturated carbocycles. The van der Waals surface area contributed by atoms with Gasteiger partial charge in [0.2, 0.25) is 0 Å². The molecule has 0 aliphatic heterocycles. The van der Waals surface area contributed by atoms with Crippen LogP contribution in [-0.2, 0) is 4.74 Å². The monoisotopic (exact) mass is 243 g/mol. The summed E-state index contributed by atoms with van der Waals surface area (Å²) in [6.45, 7) is 6.26. The van der Waals surface area contributed by atoms with E-state index < -0.39 is 0 Å². The van der Waals surface area contributed by atoms with Gasteiger partial charge in [0, 0.05) is 11.8 Å². The number of nitrogens with one attached hydrogen (secondary N) is 1. The summed E-state index contributed by atoms with van der Waals surface area (Å²) in [5, 5.41) is 0. The molecule has 1 N–H and O–H groups in total. The summed E-state index contributed by atoms with van der Waals surface area (Å²) in [5.41, 5.74) is 4.80. The van der Waals surface area contributed by atoms with Crippen LogP contribution in [0, 0.1) is 13.8 Å². The number of aromatic amines is 1. The fourth-order valence-electron chi connectivity index (χ4n) is 1.99. The third kappa shape index (κ3) is 2.30. The average molecular weight is 243 g/mol. The molecule has 0 atom stereocenters. The Morgan fingerprint density at radius 2 is 2.00 bits per heavy atom. The van der Waals surface area contributed by atoms with Gasteiger partial charge in [0.15, 0.2) is 0 Å². The number of rotatable bonds is 3. The van der Waals surface area contributed by atoms with Gasteiger partial charge in [-0.05, 0) is 38.0 Å². The van der Waals surface area contributed by atoms with Crippen LogP contribution in [-0.4, -0.2) is 17.6 Å². The molecule has 0 fully saturated rings. The average Bonchev–Trinajstić information content (AvgIpc) is 2.81. The molecule has 0 unspecified atom stereocenters. The van der Waals surface area contributed by atoms with Gasteiger partial charge in [0.25, 0.3) is 0 Å². The quantitative estimate of drug-likeness (QED) is 0.839. The zero-order valence-corrected chi connectivity index (χ0v) is 10.9. The van der Waals surface area contributed by atoms with E-state index in [1.807, 2.05) is 19.9 Å². The summed E-state index contributed by atoms with van der Waals surface area (Å²) in [5.74, 6) is -0.307. The Labute approximate surface area is 107 Å². The Morgan fingerprint density at radius 3 is 2.72 bits per heavy atom. The van der Waals surface area contributed by atoms with Crippen LogP contribution >= 0.6 is 0 Å². The van der Waals surface area contributed by atoms with Crippen LogP contribution in [0.4, 0.5) is 0 Å². The van der Waals surface area contributed by atoms with E-state index in [9.17, 15) is 4.79 Å². The van der Waals surface area contributed by atoms with Crippen molar-refractivity contribution in [3.8, 4) is 11.1 Å². The van der Waals surface area contributed by atoms with Gasteiger partial charge < -0.3 is 9.72 Å². The van der Waals surface area contributed by atoms with Crippen LogP contribution in [0.3, 0.4) is 0 Å². The molecule has 18 heavy (non-hydrogen) atoms. The largest absolute Gasteiger partial charge is 0.461 e. The van der Waals surface area contributed by atoms with E-state index in [1.165, 1.54) is 5.56 Å². The van der Waals surface area contributed by atoms with E-state index in [1.54, 1.807) is 13.1 Å². The molecule has 3 heteroatoms. The highest BCUT2D eigenvalue weighted by atomic mass is 16.5. The number of ether oxygens (including phenoxy) is 1. The van der Waals surface area contributed by atoms with Crippen molar-refractivity contribution >= 4 is 5.97 Å². The van der Waals surface area contributed by atoms with Gasteiger partial charge in [-0.2, -0.15) is 0 Å². The Morgan fingerprint density at radius 1 is 1.22 bits per heavy atom. The molecule has 0 radical (unpaired) electrons. The van der Waals surface area contributed by atoms with Crippen molar-refractivity contribution in [1.82, 2.24) is 4.98 Å². The molecule has 0 amide bonds. The van der Waals surface area contributed by atoms with Gasteiger partial charge >= 0.3 is 5.97 Å². The number of carbonyl (C=O) groups excluding carboxylic acids is 1. The maximum Gasteiger partial charge on any atom is 0.355 e. The van der Waals surface area contributed by atoms with Gasteiger partial charge in [-0.1, -0.05) is 23.8 Å². The molecule has 0 saturated heterocycles. The summed E-state index contributed by atoms with van der Waals surface area (Å²) in [6.07, 6.45) is 1.77. The molecular formula is C15H17NO2. The van der Waals surface area contributed by atoms with Crippen molar-refractivity contribution in [1.29, 1.82) is 0 Å². The topological polar surface area (TPSA) is 42.1 Å². The lowest BCUT2D eigenvalue weighted by atomic mass is 9.98. The van der Waals surface area contributed by atoms with E-state index in [0.717, 1.165) is 16.7 Å². The summed E-state index contributed by atoms with van der Waals surface area (Å²) in [7, 11) is 0. The Bertz CT molecular complexity index is 570. The second-order valence-electron chi connectivity index (χ2n) is 4.31. The first-order valence-electron chi connectivity index (χ1n) is 6.05. The Kier molecular flexibility index (Phi) is 3.51. The SMILES string of the molecule is CCOC(=O)c1[nH]ccc1-c1cc(C)ccc1C. The maximum atomic E-state index is 11.8. The van der Waals surface area contributed by atoms with Gasteiger partial charge in [0.05, 0.1) is 6.61 Å². The third-order valence-corrected chi connectivity index (χ3v) is 2.91. The third-order valence-electron chi connectivity index (χ3n) is 2.91. The summed E-state index contributed by atoms with van der Waals surface area (Å²) >= 11 is 0. The first-order chi connectivity index (χ1) is 8.63. The minimum absolute atomic E-state index is 0.307. The van der Waals surface area contributed by atoms with Crippen LogP contribution in [0.1, 0.15) is 28.5 Å². The molecule has 2 rings (SSSR count). The predicted molar refractivity (Wildman–Crippen MR) is 71.7 cm³/mol. The zero-order chi connectivity index (χ0) is 13.1. The van der Waals surface area contributed by atoms with Crippen LogP contribution < -0.4 is 0 Å². The standard InChI is InChI=1S/C15H17NO2/c1-4-18-15(17)14-12(7-8-16-14)13-9-10(2)5-6-11(13)3/h5-9,16H,4H2,1-3H3. The van der Waals surface area contributed by atoms with E-state index in [0.29, 0.717) is 12.3 Å². The lowest BCUT2D eigenvalue weighted by Gasteiger charge is -2.08. The molecule has 0 bridgehead atoms. The highest BCUT2D eigenvalue weighted by Gasteiger charge is 2.16. The fraction of sp³-hybridized carbons (Fsp3) is 0.267.